The minimum absolute atomic E-state index is 0.0425. The van der Waals surface area contributed by atoms with Gasteiger partial charge in [-0.15, -0.1) is 11.6 Å². The van der Waals surface area contributed by atoms with Crippen molar-refractivity contribution < 1.29 is 9.66 Å². The second-order valence-electron chi connectivity index (χ2n) is 4.18. The Bertz CT molecular complexity index is 659. The van der Waals surface area contributed by atoms with E-state index in [0.717, 1.165) is 11.1 Å². The Hall–Kier alpha value is -1.78. The molecule has 2 rings (SSSR count). The zero-order valence-corrected chi connectivity index (χ0v) is 12.1. The number of nitrogens with zero attached hydrogens (tertiary/aromatic N) is 1. The number of benzene rings is 2. The number of para-hydroxylation sites is 1. The van der Waals surface area contributed by atoms with Crippen LogP contribution in [0.3, 0.4) is 0 Å². The number of nitro benzene ring substituents is 1. The molecule has 0 aliphatic heterocycles. The summed E-state index contributed by atoms with van der Waals surface area (Å²) in [5, 5.41) is 11.2. The lowest BCUT2D eigenvalue weighted by Crippen LogP contribution is -1.95. The van der Waals surface area contributed by atoms with Crippen LogP contribution in [-0.4, -0.2) is 4.92 Å². The first-order valence-electron chi connectivity index (χ1n) is 5.79. The Morgan fingerprint density at radius 1 is 1.30 bits per heavy atom. The van der Waals surface area contributed by atoms with E-state index in [1.54, 1.807) is 18.2 Å². The van der Waals surface area contributed by atoms with Crippen LogP contribution in [0.2, 0.25) is 5.02 Å². The lowest BCUT2D eigenvalue weighted by molar-refractivity contribution is -0.385. The van der Waals surface area contributed by atoms with Crippen molar-refractivity contribution in [2.75, 3.05) is 0 Å². The van der Waals surface area contributed by atoms with Gasteiger partial charge in [0.25, 0.3) is 0 Å². The molecule has 2 aromatic rings. The summed E-state index contributed by atoms with van der Waals surface area (Å²) in [5.41, 5.74) is 1.61. The average molecular weight is 312 g/mol. The number of hydrogen-bond acceptors (Lipinski definition) is 3. The first-order valence-corrected chi connectivity index (χ1v) is 6.70. The van der Waals surface area contributed by atoms with Crippen LogP contribution in [0.25, 0.3) is 0 Å². The van der Waals surface area contributed by atoms with E-state index in [9.17, 15) is 10.1 Å². The van der Waals surface area contributed by atoms with Crippen LogP contribution in [0.15, 0.2) is 36.4 Å². The molecule has 0 saturated carbocycles. The minimum atomic E-state index is -0.524. The van der Waals surface area contributed by atoms with E-state index in [1.807, 2.05) is 13.0 Å². The molecule has 6 heteroatoms. The summed E-state index contributed by atoms with van der Waals surface area (Å²) in [6, 6.07) is 9.80. The van der Waals surface area contributed by atoms with E-state index in [4.69, 9.17) is 27.9 Å². The third kappa shape index (κ3) is 3.03. The fourth-order valence-electron chi connectivity index (χ4n) is 1.76. The summed E-state index contributed by atoms with van der Waals surface area (Å²) >= 11 is 11.7. The van der Waals surface area contributed by atoms with Crippen LogP contribution in [-0.2, 0) is 5.88 Å². The first kappa shape index (κ1) is 14.6. The van der Waals surface area contributed by atoms with Crippen molar-refractivity contribution in [3.8, 4) is 11.5 Å². The molecular formula is C14H11Cl2NO3. The highest BCUT2D eigenvalue weighted by atomic mass is 35.5. The van der Waals surface area contributed by atoms with Crippen molar-refractivity contribution in [2.45, 2.75) is 12.8 Å². The molecule has 0 atom stereocenters. The van der Waals surface area contributed by atoms with E-state index >= 15 is 0 Å². The second kappa shape index (κ2) is 6.11. The fraction of sp³-hybridized carbons (Fsp3) is 0.143. The van der Waals surface area contributed by atoms with Crippen molar-refractivity contribution in [1.82, 2.24) is 0 Å². The van der Waals surface area contributed by atoms with Gasteiger partial charge in [-0.25, -0.2) is 0 Å². The van der Waals surface area contributed by atoms with Crippen molar-refractivity contribution >= 4 is 28.9 Å². The molecule has 104 valence electrons. The molecule has 2 aromatic carbocycles. The summed E-state index contributed by atoms with van der Waals surface area (Å²) in [6.07, 6.45) is 0. The van der Waals surface area contributed by atoms with Gasteiger partial charge in [0.2, 0.25) is 5.75 Å². The van der Waals surface area contributed by atoms with E-state index in [2.05, 4.69) is 0 Å². The van der Waals surface area contributed by atoms with Gasteiger partial charge in [0.05, 0.1) is 9.95 Å². The molecule has 0 aromatic heterocycles. The third-order valence-electron chi connectivity index (χ3n) is 2.75. The van der Waals surface area contributed by atoms with Crippen LogP contribution in [0.1, 0.15) is 11.1 Å². The highest BCUT2D eigenvalue weighted by Gasteiger charge is 2.19. The molecule has 0 bridgehead atoms. The molecule has 0 aliphatic carbocycles. The number of rotatable bonds is 4. The van der Waals surface area contributed by atoms with Gasteiger partial charge in [0.15, 0.2) is 0 Å². The molecule has 0 heterocycles. The lowest BCUT2D eigenvalue weighted by atomic mass is 10.1. The maximum atomic E-state index is 11.0. The Morgan fingerprint density at radius 2 is 2.05 bits per heavy atom. The first-order chi connectivity index (χ1) is 9.52. The highest BCUT2D eigenvalue weighted by Crippen LogP contribution is 2.38. The molecule has 0 amide bonds. The summed E-state index contributed by atoms with van der Waals surface area (Å²) in [7, 11) is 0. The van der Waals surface area contributed by atoms with Crippen LogP contribution in [0.4, 0.5) is 5.69 Å². The molecule has 0 spiro atoms. The van der Waals surface area contributed by atoms with E-state index in [1.165, 1.54) is 12.1 Å². The predicted molar refractivity (Wildman–Crippen MR) is 78.9 cm³/mol. The molecule has 0 radical (unpaired) electrons. The van der Waals surface area contributed by atoms with Gasteiger partial charge >= 0.3 is 5.69 Å². The number of nitro groups is 1. The Labute approximate surface area is 126 Å². The topological polar surface area (TPSA) is 52.4 Å². The van der Waals surface area contributed by atoms with Crippen molar-refractivity contribution in [3.63, 3.8) is 0 Å². The molecule has 20 heavy (non-hydrogen) atoms. The number of alkyl halides is 1. The summed E-state index contributed by atoms with van der Waals surface area (Å²) in [5.74, 6) is 0.948. The van der Waals surface area contributed by atoms with Gasteiger partial charge in [-0.05, 0) is 30.2 Å². The van der Waals surface area contributed by atoms with Crippen LogP contribution >= 0.6 is 23.2 Å². The van der Waals surface area contributed by atoms with Gasteiger partial charge in [0, 0.05) is 11.9 Å². The average Bonchev–Trinajstić information content (AvgIpc) is 2.42. The number of hydrogen-bond donors (Lipinski definition) is 0. The standard InChI is InChI=1S/C14H11Cl2NO3/c1-9-7-10(8-15)5-6-13(9)20-14-11(16)3-2-4-12(14)17(18)19/h2-7H,8H2,1H3. The van der Waals surface area contributed by atoms with E-state index in [-0.39, 0.29) is 16.5 Å². The molecule has 0 saturated heterocycles. The quantitative estimate of drug-likeness (QED) is 0.449. The fourth-order valence-corrected chi connectivity index (χ4v) is 2.14. The molecule has 0 unspecified atom stereocenters. The van der Waals surface area contributed by atoms with Crippen LogP contribution < -0.4 is 4.74 Å². The third-order valence-corrected chi connectivity index (χ3v) is 3.35. The normalized spacial score (nSPS) is 10.3. The zero-order chi connectivity index (χ0) is 14.7. The van der Waals surface area contributed by atoms with Gasteiger partial charge in [0.1, 0.15) is 5.75 Å². The maximum absolute atomic E-state index is 11.0. The van der Waals surface area contributed by atoms with Crippen molar-refractivity contribution in [1.29, 1.82) is 0 Å². The number of halogens is 2. The monoisotopic (exact) mass is 311 g/mol. The molecule has 0 aliphatic rings. The largest absolute Gasteiger partial charge is 0.448 e. The number of ether oxygens (including phenoxy) is 1. The molecule has 0 N–H and O–H groups in total. The SMILES string of the molecule is Cc1cc(CCl)ccc1Oc1c(Cl)cccc1[N+](=O)[O-]. The van der Waals surface area contributed by atoms with Gasteiger partial charge in [-0.3, -0.25) is 10.1 Å². The van der Waals surface area contributed by atoms with Crippen molar-refractivity contribution in [2.24, 2.45) is 0 Å². The Morgan fingerprint density at radius 3 is 2.65 bits per heavy atom. The van der Waals surface area contributed by atoms with Crippen molar-refractivity contribution in [3.05, 3.63) is 62.7 Å². The second-order valence-corrected chi connectivity index (χ2v) is 4.86. The molecular weight excluding hydrogens is 301 g/mol. The molecule has 0 fully saturated rings. The van der Waals surface area contributed by atoms with E-state index < -0.39 is 4.92 Å². The van der Waals surface area contributed by atoms with Gasteiger partial charge in [-0.1, -0.05) is 29.8 Å². The zero-order valence-electron chi connectivity index (χ0n) is 10.6. The number of aryl methyl sites for hydroxylation is 1. The highest BCUT2D eigenvalue weighted by molar-refractivity contribution is 6.32. The summed E-state index contributed by atoms with van der Waals surface area (Å²) in [6.45, 7) is 1.84. The van der Waals surface area contributed by atoms with Gasteiger partial charge < -0.3 is 4.74 Å². The lowest BCUT2D eigenvalue weighted by Gasteiger charge is -2.11. The van der Waals surface area contributed by atoms with E-state index in [0.29, 0.717) is 11.6 Å². The Balaban J connectivity index is 2.42. The predicted octanol–water partition coefficient (Wildman–Crippen LogP) is 5.09. The smallest absolute Gasteiger partial charge is 0.313 e. The summed E-state index contributed by atoms with van der Waals surface area (Å²) < 4.78 is 5.62. The molecule has 4 nitrogen and oxygen atoms in total. The van der Waals surface area contributed by atoms with Crippen LogP contribution in [0.5, 0.6) is 11.5 Å². The Kier molecular flexibility index (Phi) is 4.47. The van der Waals surface area contributed by atoms with Gasteiger partial charge in [-0.2, -0.15) is 0 Å². The van der Waals surface area contributed by atoms with Crippen LogP contribution in [0, 0.1) is 17.0 Å². The summed E-state index contributed by atoms with van der Waals surface area (Å²) in [4.78, 5) is 10.5. The minimum Gasteiger partial charge on any atom is -0.448 e. The maximum Gasteiger partial charge on any atom is 0.313 e.